The second-order valence-corrected chi connectivity index (χ2v) is 7.13. The number of fused-ring (bicyclic) bond motifs is 2. The summed E-state index contributed by atoms with van der Waals surface area (Å²) in [4.78, 5) is 14.0. The van der Waals surface area contributed by atoms with Crippen LogP contribution in [0.3, 0.4) is 0 Å². The number of benzene rings is 1. The van der Waals surface area contributed by atoms with E-state index in [2.05, 4.69) is 5.32 Å². The zero-order valence-corrected chi connectivity index (χ0v) is 15.0. The van der Waals surface area contributed by atoms with Crippen molar-refractivity contribution >= 4 is 18.3 Å². The monoisotopic (exact) mass is 376 g/mol. The van der Waals surface area contributed by atoms with Crippen LogP contribution in [0.1, 0.15) is 43.2 Å². The molecule has 0 aliphatic carbocycles. The normalized spacial score (nSPS) is 25.4. The van der Waals surface area contributed by atoms with E-state index >= 15 is 0 Å². The molecule has 2 saturated heterocycles. The average molecular weight is 377 g/mol. The van der Waals surface area contributed by atoms with Crippen molar-refractivity contribution in [2.75, 3.05) is 7.05 Å². The van der Waals surface area contributed by atoms with Gasteiger partial charge in [-0.15, -0.1) is 12.4 Å². The van der Waals surface area contributed by atoms with Crippen molar-refractivity contribution in [2.45, 2.75) is 56.9 Å². The van der Waals surface area contributed by atoms with Crippen LogP contribution in [-0.4, -0.2) is 29.9 Å². The summed E-state index contributed by atoms with van der Waals surface area (Å²) in [6, 6.07) is 6.26. The Morgan fingerprint density at radius 1 is 1.24 bits per heavy atom. The van der Waals surface area contributed by atoms with Crippen LogP contribution in [0.15, 0.2) is 24.3 Å². The zero-order valence-electron chi connectivity index (χ0n) is 14.2. The highest BCUT2D eigenvalue weighted by molar-refractivity contribution is 5.85. The van der Waals surface area contributed by atoms with E-state index in [0.29, 0.717) is 30.0 Å². The number of amides is 1. The molecule has 140 valence electrons. The minimum atomic E-state index is -4.35. The van der Waals surface area contributed by atoms with Gasteiger partial charge in [0.2, 0.25) is 5.91 Å². The molecule has 1 amide bonds. The molecule has 2 fully saturated rings. The highest BCUT2D eigenvalue weighted by atomic mass is 35.5. The van der Waals surface area contributed by atoms with Gasteiger partial charge in [0.25, 0.3) is 0 Å². The Balaban J connectivity index is 0.00000225. The summed E-state index contributed by atoms with van der Waals surface area (Å²) in [6.07, 6.45) is 0.571. The SMILES string of the molecule is CN(Cc1cccc(C(F)(F)F)c1)C(=O)CC1CC2CCC(C1)N2.Cl. The Morgan fingerprint density at radius 3 is 2.48 bits per heavy atom. The molecule has 3 rings (SSSR count). The molecular weight excluding hydrogens is 353 g/mol. The van der Waals surface area contributed by atoms with E-state index in [9.17, 15) is 18.0 Å². The van der Waals surface area contributed by atoms with Crippen LogP contribution in [-0.2, 0) is 17.5 Å². The molecule has 1 N–H and O–H groups in total. The Bertz CT molecular complexity index is 596. The van der Waals surface area contributed by atoms with Gasteiger partial charge in [-0.2, -0.15) is 13.2 Å². The standard InChI is InChI=1S/C18H23F3N2O.ClH/c1-23(11-12-3-2-4-14(7-12)18(19,20)21)17(24)10-13-8-15-5-6-16(9-13)22-15;/h2-4,7,13,15-16,22H,5-6,8-11H2,1H3;1H. The highest BCUT2D eigenvalue weighted by Gasteiger charge is 2.34. The van der Waals surface area contributed by atoms with Crippen LogP contribution in [0.2, 0.25) is 0 Å². The van der Waals surface area contributed by atoms with E-state index in [-0.39, 0.29) is 24.9 Å². The van der Waals surface area contributed by atoms with E-state index in [0.717, 1.165) is 25.0 Å². The van der Waals surface area contributed by atoms with Gasteiger partial charge in [0.1, 0.15) is 0 Å². The predicted molar refractivity (Wildman–Crippen MR) is 92.5 cm³/mol. The molecule has 0 radical (unpaired) electrons. The molecular formula is C18H24ClF3N2O. The fourth-order valence-corrected chi connectivity index (χ4v) is 3.95. The lowest BCUT2D eigenvalue weighted by Crippen LogP contribution is -2.39. The molecule has 2 aliphatic heterocycles. The molecule has 2 aliphatic rings. The smallest absolute Gasteiger partial charge is 0.341 e. The van der Waals surface area contributed by atoms with Gasteiger partial charge in [0.15, 0.2) is 0 Å². The molecule has 1 aromatic rings. The van der Waals surface area contributed by atoms with Gasteiger partial charge in [-0.3, -0.25) is 4.79 Å². The number of nitrogens with one attached hydrogen (secondary N) is 1. The number of carbonyl (C=O) groups is 1. The van der Waals surface area contributed by atoms with Crippen LogP contribution in [0.5, 0.6) is 0 Å². The number of rotatable bonds is 4. The van der Waals surface area contributed by atoms with Gasteiger partial charge in [0.05, 0.1) is 5.56 Å². The van der Waals surface area contributed by atoms with E-state index in [4.69, 9.17) is 0 Å². The molecule has 2 bridgehead atoms. The summed E-state index contributed by atoms with van der Waals surface area (Å²) in [5.41, 5.74) is -0.165. The lowest BCUT2D eigenvalue weighted by molar-refractivity contribution is -0.137. The molecule has 7 heteroatoms. The van der Waals surface area contributed by atoms with Crippen LogP contribution in [0, 0.1) is 5.92 Å². The molecule has 25 heavy (non-hydrogen) atoms. The van der Waals surface area contributed by atoms with Gasteiger partial charge < -0.3 is 10.2 Å². The fraction of sp³-hybridized carbons (Fsp3) is 0.611. The molecule has 0 saturated carbocycles. The number of alkyl halides is 3. The first-order valence-corrected chi connectivity index (χ1v) is 8.47. The summed E-state index contributed by atoms with van der Waals surface area (Å²) in [5, 5.41) is 3.55. The third-order valence-electron chi connectivity index (χ3n) is 5.13. The molecule has 2 atom stereocenters. The predicted octanol–water partition coefficient (Wildman–Crippen LogP) is 4.01. The summed E-state index contributed by atoms with van der Waals surface area (Å²) in [6.45, 7) is 0.209. The number of piperidine rings is 1. The summed E-state index contributed by atoms with van der Waals surface area (Å²) in [5.74, 6) is 0.402. The third kappa shape index (κ3) is 5.11. The second kappa shape index (κ2) is 7.96. The lowest BCUT2D eigenvalue weighted by atomic mass is 9.89. The average Bonchev–Trinajstić information content (AvgIpc) is 2.85. The Kier molecular flexibility index (Phi) is 6.38. The fourth-order valence-electron chi connectivity index (χ4n) is 3.95. The third-order valence-corrected chi connectivity index (χ3v) is 5.13. The van der Waals surface area contributed by atoms with Crippen molar-refractivity contribution < 1.29 is 18.0 Å². The first kappa shape index (κ1) is 20.0. The zero-order chi connectivity index (χ0) is 17.3. The van der Waals surface area contributed by atoms with Crippen LogP contribution >= 0.6 is 12.4 Å². The molecule has 2 unspecified atom stereocenters. The van der Waals surface area contributed by atoms with Gasteiger partial charge in [0, 0.05) is 32.1 Å². The Morgan fingerprint density at radius 2 is 1.88 bits per heavy atom. The van der Waals surface area contributed by atoms with E-state index in [1.54, 1.807) is 18.0 Å². The molecule has 2 heterocycles. The van der Waals surface area contributed by atoms with Crippen molar-refractivity contribution in [3.63, 3.8) is 0 Å². The molecule has 0 spiro atoms. The van der Waals surface area contributed by atoms with Crippen molar-refractivity contribution in [1.29, 1.82) is 0 Å². The highest BCUT2D eigenvalue weighted by Crippen LogP contribution is 2.33. The van der Waals surface area contributed by atoms with E-state index < -0.39 is 11.7 Å². The van der Waals surface area contributed by atoms with E-state index in [1.807, 2.05) is 0 Å². The number of carbonyl (C=O) groups excluding carboxylic acids is 1. The van der Waals surface area contributed by atoms with Gasteiger partial charge in [-0.05, 0) is 49.3 Å². The van der Waals surface area contributed by atoms with E-state index in [1.165, 1.54) is 18.9 Å². The summed E-state index contributed by atoms with van der Waals surface area (Å²) < 4.78 is 38.3. The van der Waals surface area contributed by atoms with Gasteiger partial charge in [-0.1, -0.05) is 12.1 Å². The number of hydrogen-bond acceptors (Lipinski definition) is 2. The Hall–Kier alpha value is -1.27. The lowest BCUT2D eigenvalue weighted by Gasteiger charge is -2.30. The van der Waals surface area contributed by atoms with Gasteiger partial charge >= 0.3 is 6.18 Å². The van der Waals surface area contributed by atoms with Crippen LogP contribution in [0.4, 0.5) is 13.2 Å². The maximum absolute atomic E-state index is 12.8. The number of nitrogens with zero attached hydrogens (tertiary/aromatic N) is 1. The van der Waals surface area contributed by atoms with Crippen molar-refractivity contribution in [3.8, 4) is 0 Å². The maximum Gasteiger partial charge on any atom is 0.416 e. The molecule has 0 aromatic heterocycles. The molecule has 1 aromatic carbocycles. The first-order chi connectivity index (χ1) is 11.3. The summed E-state index contributed by atoms with van der Waals surface area (Å²) >= 11 is 0. The number of halogens is 4. The quantitative estimate of drug-likeness (QED) is 0.861. The minimum absolute atomic E-state index is 0. The van der Waals surface area contributed by atoms with Crippen LogP contribution in [0.25, 0.3) is 0 Å². The van der Waals surface area contributed by atoms with Crippen LogP contribution < -0.4 is 5.32 Å². The first-order valence-electron chi connectivity index (χ1n) is 8.47. The second-order valence-electron chi connectivity index (χ2n) is 7.13. The largest absolute Gasteiger partial charge is 0.416 e. The summed E-state index contributed by atoms with van der Waals surface area (Å²) in [7, 11) is 1.66. The molecule has 3 nitrogen and oxygen atoms in total. The van der Waals surface area contributed by atoms with Crippen molar-refractivity contribution in [1.82, 2.24) is 10.2 Å². The van der Waals surface area contributed by atoms with Crippen molar-refractivity contribution in [3.05, 3.63) is 35.4 Å². The maximum atomic E-state index is 12.8. The Labute approximate surface area is 152 Å². The number of hydrogen-bond donors (Lipinski definition) is 1. The van der Waals surface area contributed by atoms with Gasteiger partial charge in [-0.25, -0.2) is 0 Å². The minimum Gasteiger partial charge on any atom is -0.341 e. The van der Waals surface area contributed by atoms with Crippen molar-refractivity contribution in [2.24, 2.45) is 5.92 Å². The topological polar surface area (TPSA) is 32.3 Å².